The van der Waals surface area contributed by atoms with E-state index < -0.39 is 10.0 Å². The fraction of sp³-hybridized carbons (Fsp3) is 0.200. The lowest BCUT2D eigenvalue weighted by Gasteiger charge is -2.13. The van der Waals surface area contributed by atoms with Crippen LogP contribution in [0.5, 0.6) is 5.75 Å². The Morgan fingerprint density at radius 2 is 1.90 bits per heavy atom. The quantitative estimate of drug-likeness (QED) is 0.888. The Kier molecular flexibility index (Phi) is 4.50. The summed E-state index contributed by atoms with van der Waals surface area (Å²) in [4.78, 5) is 0.219. The minimum Gasteiger partial charge on any atom is -0.495 e. The maximum absolute atomic E-state index is 12.6. The van der Waals surface area contributed by atoms with Crippen LogP contribution in [0.3, 0.4) is 0 Å². The molecule has 0 saturated carbocycles. The van der Waals surface area contributed by atoms with Crippen molar-refractivity contribution in [2.75, 3.05) is 11.8 Å². The number of nitrogens with two attached hydrogens (primary N) is 1. The average Bonchev–Trinajstić information content (AvgIpc) is 2.47. The van der Waals surface area contributed by atoms with E-state index in [9.17, 15) is 8.42 Å². The lowest BCUT2D eigenvalue weighted by atomic mass is 10.1. The summed E-state index contributed by atoms with van der Waals surface area (Å²) >= 11 is 0. The number of para-hydroxylation sites is 2. The number of hydrogen-bond donors (Lipinski definition) is 2. The van der Waals surface area contributed by atoms with Crippen LogP contribution in [-0.4, -0.2) is 15.5 Å². The molecule has 0 radical (unpaired) electrons. The van der Waals surface area contributed by atoms with Gasteiger partial charge in [-0.3, -0.25) is 4.72 Å². The van der Waals surface area contributed by atoms with Gasteiger partial charge in [0.25, 0.3) is 10.0 Å². The molecule has 0 amide bonds. The summed E-state index contributed by atoms with van der Waals surface area (Å²) in [7, 11) is -2.20. The van der Waals surface area contributed by atoms with E-state index in [1.165, 1.54) is 7.11 Å². The van der Waals surface area contributed by atoms with E-state index in [0.717, 1.165) is 5.56 Å². The van der Waals surface area contributed by atoms with Gasteiger partial charge >= 0.3 is 0 Å². The van der Waals surface area contributed by atoms with Gasteiger partial charge in [-0.15, -0.1) is 0 Å². The van der Waals surface area contributed by atoms with E-state index in [2.05, 4.69) is 4.72 Å². The average molecular weight is 306 g/mol. The van der Waals surface area contributed by atoms with Crippen LogP contribution in [0, 0.1) is 6.92 Å². The molecule has 3 N–H and O–H groups in total. The highest BCUT2D eigenvalue weighted by Gasteiger charge is 2.19. The molecule has 0 spiro atoms. The van der Waals surface area contributed by atoms with E-state index in [-0.39, 0.29) is 11.4 Å². The highest BCUT2D eigenvalue weighted by atomic mass is 32.2. The van der Waals surface area contributed by atoms with Crippen molar-refractivity contribution in [2.45, 2.75) is 18.4 Å². The molecular formula is C15H18N2O3S. The number of hydrogen-bond acceptors (Lipinski definition) is 4. The van der Waals surface area contributed by atoms with Crippen LogP contribution in [-0.2, 0) is 16.6 Å². The minimum atomic E-state index is -3.69. The van der Waals surface area contributed by atoms with Crippen LogP contribution in [0.15, 0.2) is 47.4 Å². The van der Waals surface area contributed by atoms with Crippen LogP contribution in [0.1, 0.15) is 11.1 Å². The molecule has 0 aliphatic heterocycles. The number of methoxy groups -OCH3 is 1. The van der Waals surface area contributed by atoms with Crippen LogP contribution >= 0.6 is 0 Å². The molecule has 2 aromatic rings. The summed E-state index contributed by atoms with van der Waals surface area (Å²) in [6.45, 7) is 2.04. The third-order valence-electron chi connectivity index (χ3n) is 3.13. The first-order valence-corrected chi connectivity index (χ1v) is 7.91. The molecule has 2 rings (SSSR count). The molecule has 0 aliphatic rings. The summed E-state index contributed by atoms with van der Waals surface area (Å²) < 4.78 is 32.8. The van der Waals surface area contributed by atoms with Crippen molar-refractivity contribution < 1.29 is 13.2 Å². The summed E-state index contributed by atoms with van der Waals surface area (Å²) in [6, 6.07) is 12.0. The van der Waals surface area contributed by atoms with Gasteiger partial charge in [0.1, 0.15) is 5.75 Å². The monoisotopic (exact) mass is 306 g/mol. The first-order valence-electron chi connectivity index (χ1n) is 6.43. The van der Waals surface area contributed by atoms with E-state index in [1.54, 1.807) is 43.3 Å². The normalized spacial score (nSPS) is 11.2. The SMILES string of the molecule is COc1ccccc1NS(=O)(=O)c1cc(CN)ccc1C. The van der Waals surface area contributed by atoms with Crippen LogP contribution < -0.4 is 15.2 Å². The Hall–Kier alpha value is -2.05. The Labute approximate surface area is 124 Å². The Balaban J connectivity index is 2.43. The Morgan fingerprint density at radius 1 is 1.19 bits per heavy atom. The molecular weight excluding hydrogens is 288 g/mol. The number of ether oxygens (including phenoxy) is 1. The molecule has 6 heteroatoms. The molecule has 112 valence electrons. The molecule has 21 heavy (non-hydrogen) atoms. The van der Waals surface area contributed by atoms with Crippen molar-refractivity contribution in [1.29, 1.82) is 0 Å². The molecule has 0 saturated heterocycles. The second kappa shape index (κ2) is 6.15. The number of nitrogens with one attached hydrogen (secondary N) is 1. The number of benzene rings is 2. The van der Waals surface area contributed by atoms with Gasteiger partial charge in [0.05, 0.1) is 17.7 Å². The Morgan fingerprint density at radius 3 is 2.57 bits per heavy atom. The molecule has 2 aromatic carbocycles. The van der Waals surface area contributed by atoms with Crippen LogP contribution in [0.4, 0.5) is 5.69 Å². The van der Waals surface area contributed by atoms with E-state index >= 15 is 0 Å². The minimum absolute atomic E-state index is 0.219. The van der Waals surface area contributed by atoms with Crippen LogP contribution in [0.2, 0.25) is 0 Å². The molecule has 0 bridgehead atoms. The van der Waals surface area contributed by atoms with Crippen molar-refractivity contribution >= 4 is 15.7 Å². The van der Waals surface area contributed by atoms with Crippen LogP contribution in [0.25, 0.3) is 0 Å². The topological polar surface area (TPSA) is 81.4 Å². The lowest BCUT2D eigenvalue weighted by Crippen LogP contribution is -2.15. The predicted molar refractivity (Wildman–Crippen MR) is 82.9 cm³/mol. The first kappa shape index (κ1) is 15.3. The number of rotatable bonds is 5. The second-order valence-corrected chi connectivity index (χ2v) is 6.26. The standard InChI is InChI=1S/C15H18N2O3S/c1-11-7-8-12(10-16)9-15(11)21(18,19)17-13-5-3-4-6-14(13)20-2/h3-9,17H,10,16H2,1-2H3. The van der Waals surface area contributed by atoms with Gasteiger partial charge in [0.15, 0.2) is 0 Å². The molecule has 0 unspecified atom stereocenters. The van der Waals surface area contributed by atoms with Crippen molar-refractivity contribution in [2.24, 2.45) is 5.73 Å². The van der Waals surface area contributed by atoms with Gasteiger partial charge in [0.2, 0.25) is 0 Å². The lowest BCUT2D eigenvalue weighted by molar-refractivity contribution is 0.417. The summed E-state index contributed by atoms with van der Waals surface area (Å²) in [5.74, 6) is 0.466. The fourth-order valence-corrected chi connectivity index (χ4v) is 3.36. The zero-order valence-electron chi connectivity index (χ0n) is 12.0. The van der Waals surface area contributed by atoms with E-state index in [4.69, 9.17) is 10.5 Å². The molecule has 5 nitrogen and oxygen atoms in total. The summed E-state index contributed by atoms with van der Waals surface area (Å²) in [5.41, 5.74) is 7.40. The number of anilines is 1. The molecule has 0 atom stereocenters. The van der Waals surface area contributed by atoms with Gasteiger partial charge in [-0.25, -0.2) is 8.42 Å². The maximum atomic E-state index is 12.6. The van der Waals surface area contributed by atoms with Crippen molar-refractivity contribution in [3.8, 4) is 5.75 Å². The number of aryl methyl sites for hydroxylation is 1. The van der Waals surface area contributed by atoms with E-state index in [1.807, 2.05) is 6.07 Å². The molecule has 0 heterocycles. The summed E-state index contributed by atoms with van der Waals surface area (Å²) in [6.07, 6.45) is 0. The second-order valence-electron chi connectivity index (χ2n) is 4.61. The summed E-state index contributed by atoms with van der Waals surface area (Å²) in [5, 5.41) is 0. The van der Waals surface area contributed by atoms with Crippen molar-refractivity contribution in [3.63, 3.8) is 0 Å². The van der Waals surface area contributed by atoms with Crippen molar-refractivity contribution in [3.05, 3.63) is 53.6 Å². The smallest absolute Gasteiger partial charge is 0.262 e. The molecule has 0 fully saturated rings. The zero-order valence-corrected chi connectivity index (χ0v) is 12.8. The predicted octanol–water partition coefficient (Wildman–Crippen LogP) is 2.26. The highest BCUT2D eigenvalue weighted by molar-refractivity contribution is 7.92. The Bertz CT molecular complexity index is 742. The first-order chi connectivity index (χ1) is 9.97. The van der Waals surface area contributed by atoms with Gasteiger partial charge in [-0.1, -0.05) is 24.3 Å². The fourth-order valence-electron chi connectivity index (χ4n) is 1.99. The van der Waals surface area contributed by atoms with Crippen molar-refractivity contribution in [1.82, 2.24) is 0 Å². The molecule has 0 aromatic heterocycles. The van der Waals surface area contributed by atoms with Gasteiger partial charge in [0, 0.05) is 6.54 Å². The highest BCUT2D eigenvalue weighted by Crippen LogP contribution is 2.27. The third-order valence-corrected chi connectivity index (χ3v) is 4.64. The van der Waals surface area contributed by atoms with Gasteiger partial charge < -0.3 is 10.5 Å². The molecule has 0 aliphatic carbocycles. The van der Waals surface area contributed by atoms with Gasteiger partial charge in [-0.05, 0) is 36.2 Å². The maximum Gasteiger partial charge on any atom is 0.262 e. The number of sulfonamides is 1. The zero-order chi connectivity index (χ0) is 15.5. The van der Waals surface area contributed by atoms with E-state index in [0.29, 0.717) is 17.0 Å². The largest absolute Gasteiger partial charge is 0.495 e. The van der Waals surface area contributed by atoms with Gasteiger partial charge in [-0.2, -0.15) is 0 Å². The third kappa shape index (κ3) is 3.34.